The van der Waals surface area contributed by atoms with Crippen LogP contribution < -0.4 is 5.32 Å². The summed E-state index contributed by atoms with van der Waals surface area (Å²) in [5.74, 6) is -0.690. The molecule has 3 aromatic rings. The van der Waals surface area contributed by atoms with Crippen molar-refractivity contribution in [3.63, 3.8) is 0 Å². The van der Waals surface area contributed by atoms with Gasteiger partial charge in [0.1, 0.15) is 0 Å². The Kier molecular flexibility index (Phi) is 5.04. The summed E-state index contributed by atoms with van der Waals surface area (Å²) in [5, 5.41) is 21.3. The Labute approximate surface area is 149 Å². The molecule has 0 spiro atoms. The fourth-order valence-corrected chi connectivity index (χ4v) is 2.58. The Bertz CT molecular complexity index is 843. The van der Waals surface area contributed by atoms with E-state index in [2.05, 4.69) is 15.6 Å². The van der Waals surface area contributed by atoms with Gasteiger partial charge in [0.25, 0.3) is 0 Å². The zero-order valence-electron chi connectivity index (χ0n) is 13.5. The van der Waals surface area contributed by atoms with E-state index in [0.29, 0.717) is 17.1 Å². The second-order valence-electron chi connectivity index (χ2n) is 5.65. The Morgan fingerprint density at radius 2 is 2.16 bits per heavy atom. The maximum atomic E-state index is 11.7. The van der Waals surface area contributed by atoms with Crippen molar-refractivity contribution in [1.29, 1.82) is 0 Å². The first-order valence-corrected chi connectivity index (χ1v) is 8.15. The maximum Gasteiger partial charge on any atom is 0.343 e. The third-order valence-electron chi connectivity index (χ3n) is 3.75. The van der Waals surface area contributed by atoms with Gasteiger partial charge >= 0.3 is 5.97 Å². The molecule has 0 aliphatic carbocycles. The van der Waals surface area contributed by atoms with Gasteiger partial charge in [0.15, 0.2) is 17.1 Å². The van der Waals surface area contributed by atoms with Crippen LogP contribution in [0.2, 0.25) is 5.02 Å². The molecule has 25 heavy (non-hydrogen) atoms. The zero-order chi connectivity index (χ0) is 17.8. The highest BCUT2D eigenvalue weighted by Crippen LogP contribution is 2.30. The van der Waals surface area contributed by atoms with Crippen LogP contribution >= 0.6 is 11.6 Å². The highest BCUT2D eigenvalue weighted by Gasteiger charge is 2.24. The van der Waals surface area contributed by atoms with Crippen molar-refractivity contribution in [3.05, 3.63) is 53.3 Å². The van der Waals surface area contributed by atoms with Gasteiger partial charge in [-0.25, -0.2) is 4.79 Å². The van der Waals surface area contributed by atoms with E-state index < -0.39 is 5.97 Å². The quantitative estimate of drug-likeness (QED) is 0.666. The normalized spacial score (nSPS) is 12.1. The molecule has 1 aromatic carbocycles. The number of benzene rings is 1. The molecule has 0 radical (unpaired) electrons. The molecule has 0 amide bonds. The summed E-state index contributed by atoms with van der Waals surface area (Å²) in [7, 11) is 0. The molecule has 0 aliphatic heterocycles. The highest BCUT2D eigenvalue weighted by molar-refractivity contribution is 6.30. The molecule has 0 fully saturated rings. The van der Waals surface area contributed by atoms with Crippen molar-refractivity contribution in [1.82, 2.24) is 14.9 Å². The average molecular weight is 361 g/mol. The maximum absolute atomic E-state index is 11.7. The molecule has 2 heterocycles. The smallest absolute Gasteiger partial charge is 0.343 e. The number of hydrogen-bond donors (Lipinski definition) is 2. The number of halogens is 1. The fraction of sp³-hybridized carbons (Fsp3) is 0.235. The summed E-state index contributed by atoms with van der Waals surface area (Å²) in [6.07, 6.45) is 4.35. The molecular formula is C17H17ClN4O3. The number of aryl methyl sites for hydroxylation is 1. The number of nitrogens with one attached hydrogen (secondary N) is 1. The number of anilines is 1. The lowest BCUT2D eigenvalue weighted by atomic mass is 10.1. The number of aromatic nitrogens is 3. The predicted octanol–water partition coefficient (Wildman–Crippen LogP) is 3.78. The Hall–Kier alpha value is -2.80. The number of nitrogens with zero attached hydrogens (tertiary/aromatic N) is 3. The minimum Gasteiger partial charge on any atom is -0.477 e. The van der Waals surface area contributed by atoms with E-state index in [1.807, 2.05) is 23.9 Å². The van der Waals surface area contributed by atoms with Gasteiger partial charge in [0, 0.05) is 35.6 Å². The van der Waals surface area contributed by atoms with E-state index in [1.54, 1.807) is 30.5 Å². The van der Waals surface area contributed by atoms with Gasteiger partial charge in [0.05, 0.1) is 0 Å². The summed E-state index contributed by atoms with van der Waals surface area (Å²) < 4.78 is 7.10. The van der Waals surface area contributed by atoms with Crippen LogP contribution in [0.15, 0.2) is 47.2 Å². The molecule has 2 aromatic heterocycles. The third kappa shape index (κ3) is 4.00. The molecule has 130 valence electrons. The number of carboxylic acid groups (broad SMARTS) is 1. The van der Waals surface area contributed by atoms with E-state index in [4.69, 9.17) is 16.1 Å². The number of hydrogen-bond acceptors (Lipinski definition) is 5. The molecule has 3 rings (SSSR count). The number of aromatic carboxylic acids is 1. The van der Waals surface area contributed by atoms with Gasteiger partial charge in [0.2, 0.25) is 0 Å². The van der Waals surface area contributed by atoms with Crippen molar-refractivity contribution in [3.8, 4) is 11.3 Å². The first-order chi connectivity index (χ1) is 12.0. The summed E-state index contributed by atoms with van der Waals surface area (Å²) >= 11 is 5.87. The van der Waals surface area contributed by atoms with Crippen molar-refractivity contribution in [2.75, 3.05) is 5.32 Å². The van der Waals surface area contributed by atoms with Crippen molar-refractivity contribution in [2.24, 2.45) is 0 Å². The first-order valence-electron chi connectivity index (χ1n) is 7.77. The summed E-state index contributed by atoms with van der Waals surface area (Å²) in [6, 6.07) is 8.58. The largest absolute Gasteiger partial charge is 0.477 e. The van der Waals surface area contributed by atoms with Crippen LogP contribution in [0.25, 0.3) is 11.3 Å². The topological polar surface area (TPSA) is 93.2 Å². The number of carbonyl (C=O) groups is 1. The molecular weight excluding hydrogens is 344 g/mol. The standard InChI is InChI=1S/C17H17ClN4O3/c1-11(7-10-22-9-2-8-19-22)20-16-14(17(23)24)15(25-21-16)12-3-5-13(18)6-4-12/h2-6,8-9,11H,7,10H2,1H3,(H,20,21)(H,23,24). The van der Waals surface area contributed by atoms with E-state index in [9.17, 15) is 9.90 Å². The van der Waals surface area contributed by atoms with Gasteiger partial charge in [-0.3, -0.25) is 4.68 Å². The van der Waals surface area contributed by atoms with Crippen molar-refractivity contribution in [2.45, 2.75) is 25.9 Å². The van der Waals surface area contributed by atoms with Crippen LogP contribution in [0.5, 0.6) is 0 Å². The summed E-state index contributed by atoms with van der Waals surface area (Å²) in [5.41, 5.74) is 0.611. The lowest BCUT2D eigenvalue weighted by molar-refractivity contribution is 0.0698. The molecule has 2 N–H and O–H groups in total. The number of carboxylic acids is 1. The SMILES string of the molecule is CC(CCn1cccn1)Nc1noc(-c2ccc(Cl)cc2)c1C(=O)O. The van der Waals surface area contributed by atoms with E-state index in [0.717, 1.165) is 6.42 Å². The van der Waals surface area contributed by atoms with Gasteiger partial charge in [-0.05, 0) is 43.7 Å². The first kappa shape index (κ1) is 17.0. The average Bonchev–Trinajstić information content (AvgIpc) is 3.23. The fourth-order valence-electron chi connectivity index (χ4n) is 2.45. The van der Waals surface area contributed by atoms with E-state index in [1.165, 1.54) is 0 Å². The van der Waals surface area contributed by atoms with Gasteiger partial charge in [-0.2, -0.15) is 5.10 Å². The molecule has 8 heteroatoms. The second kappa shape index (κ2) is 7.40. The van der Waals surface area contributed by atoms with Gasteiger partial charge in [-0.1, -0.05) is 16.8 Å². The van der Waals surface area contributed by atoms with Crippen molar-refractivity contribution < 1.29 is 14.4 Å². The summed E-state index contributed by atoms with van der Waals surface area (Å²) in [6.45, 7) is 2.66. The minimum absolute atomic E-state index is 0.00765. The zero-order valence-corrected chi connectivity index (χ0v) is 14.3. The van der Waals surface area contributed by atoms with E-state index in [-0.39, 0.29) is 23.2 Å². The molecule has 0 saturated heterocycles. The lowest BCUT2D eigenvalue weighted by Crippen LogP contribution is -2.19. The van der Waals surface area contributed by atoms with Crippen LogP contribution in [0.3, 0.4) is 0 Å². The number of rotatable bonds is 7. The Morgan fingerprint density at radius 3 is 2.80 bits per heavy atom. The van der Waals surface area contributed by atoms with Crippen molar-refractivity contribution >= 4 is 23.4 Å². The highest BCUT2D eigenvalue weighted by atomic mass is 35.5. The van der Waals surface area contributed by atoms with E-state index >= 15 is 0 Å². The molecule has 0 aliphatic rings. The van der Waals surface area contributed by atoms with Crippen LogP contribution in [0.4, 0.5) is 5.82 Å². The molecule has 7 nitrogen and oxygen atoms in total. The van der Waals surface area contributed by atoms with Crippen LogP contribution in [-0.4, -0.2) is 32.1 Å². The van der Waals surface area contributed by atoms with Crippen LogP contribution in [0.1, 0.15) is 23.7 Å². The van der Waals surface area contributed by atoms with Crippen LogP contribution in [0, 0.1) is 0 Å². The van der Waals surface area contributed by atoms with Gasteiger partial charge < -0.3 is 14.9 Å². The second-order valence-corrected chi connectivity index (χ2v) is 6.09. The molecule has 0 saturated carbocycles. The Morgan fingerprint density at radius 1 is 1.40 bits per heavy atom. The van der Waals surface area contributed by atoms with Gasteiger partial charge in [-0.15, -0.1) is 0 Å². The molecule has 0 bridgehead atoms. The predicted molar refractivity (Wildman–Crippen MR) is 93.8 cm³/mol. The summed E-state index contributed by atoms with van der Waals surface area (Å²) in [4.78, 5) is 11.7. The molecule has 1 unspecified atom stereocenters. The Balaban J connectivity index is 1.77. The van der Waals surface area contributed by atoms with Crippen LogP contribution in [-0.2, 0) is 6.54 Å². The minimum atomic E-state index is -1.10. The monoisotopic (exact) mass is 360 g/mol. The third-order valence-corrected chi connectivity index (χ3v) is 4.00. The molecule has 1 atom stereocenters. The lowest BCUT2D eigenvalue weighted by Gasteiger charge is -2.13.